The minimum Gasteiger partial charge on any atom is -0.446 e. The van der Waals surface area contributed by atoms with Gasteiger partial charge in [0, 0.05) is 6.92 Å². The molecule has 0 aliphatic carbocycles. The summed E-state index contributed by atoms with van der Waals surface area (Å²) < 4.78 is 16.7. The Morgan fingerprint density at radius 1 is 1.53 bits per heavy atom. The van der Waals surface area contributed by atoms with Crippen molar-refractivity contribution in [3.8, 4) is 11.8 Å². The van der Waals surface area contributed by atoms with E-state index >= 15 is 0 Å². The van der Waals surface area contributed by atoms with Gasteiger partial charge in [0.1, 0.15) is 6.10 Å². The molecule has 1 aliphatic heterocycles. The number of hydrogen-bond donors (Lipinski definition) is 0. The molecule has 0 radical (unpaired) electrons. The summed E-state index contributed by atoms with van der Waals surface area (Å²) in [7, 11) is 0. The molecular weight excluding hydrogens is 220 g/mol. The van der Waals surface area contributed by atoms with Crippen molar-refractivity contribution < 1.29 is 19.0 Å². The fraction of sp³-hybridized carbons (Fsp3) is 0.769. The standard InChI is InChI=1S/C13H20O4/c1-5-8-11(16-10(4)14)12-9-15-13(6-2,7-3)17-12/h11-12H,6-7,9H2,1-4H3/t11?,12-/m1/s1. The van der Waals surface area contributed by atoms with E-state index in [1.165, 1.54) is 6.92 Å². The van der Waals surface area contributed by atoms with E-state index in [0.29, 0.717) is 6.61 Å². The van der Waals surface area contributed by atoms with Crippen LogP contribution in [-0.4, -0.2) is 30.6 Å². The third-order valence-electron chi connectivity index (χ3n) is 2.87. The molecule has 0 saturated carbocycles. The number of hydrogen-bond acceptors (Lipinski definition) is 4. The Balaban J connectivity index is 2.71. The Kier molecular flexibility index (Phi) is 4.98. The fourth-order valence-electron chi connectivity index (χ4n) is 1.87. The summed E-state index contributed by atoms with van der Waals surface area (Å²) >= 11 is 0. The van der Waals surface area contributed by atoms with Crippen LogP contribution in [0.25, 0.3) is 0 Å². The highest BCUT2D eigenvalue weighted by atomic mass is 16.8. The second-order valence-corrected chi connectivity index (χ2v) is 4.01. The first-order chi connectivity index (χ1) is 8.06. The summed E-state index contributed by atoms with van der Waals surface area (Å²) in [5.74, 6) is 4.70. The lowest BCUT2D eigenvalue weighted by Gasteiger charge is -2.26. The zero-order chi connectivity index (χ0) is 12.9. The molecule has 1 heterocycles. The average molecular weight is 240 g/mol. The Labute approximate surface area is 103 Å². The van der Waals surface area contributed by atoms with Gasteiger partial charge in [-0.25, -0.2) is 0 Å². The molecule has 1 rings (SSSR count). The van der Waals surface area contributed by atoms with Crippen molar-refractivity contribution in [2.24, 2.45) is 0 Å². The first-order valence-corrected chi connectivity index (χ1v) is 5.98. The van der Waals surface area contributed by atoms with Crippen LogP contribution >= 0.6 is 0 Å². The van der Waals surface area contributed by atoms with Crippen LogP contribution in [0.2, 0.25) is 0 Å². The van der Waals surface area contributed by atoms with E-state index in [4.69, 9.17) is 14.2 Å². The third kappa shape index (κ3) is 3.45. The molecule has 0 aromatic heterocycles. The molecule has 0 N–H and O–H groups in total. The Morgan fingerprint density at radius 2 is 2.18 bits per heavy atom. The van der Waals surface area contributed by atoms with E-state index in [1.54, 1.807) is 6.92 Å². The number of carbonyl (C=O) groups is 1. The summed E-state index contributed by atoms with van der Waals surface area (Å²) in [5, 5.41) is 0. The number of rotatable bonds is 4. The first kappa shape index (κ1) is 14.0. The Morgan fingerprint density at radius 3 is 2.59 bits per heavy atom. The molecule has 4 heteroatoms. The van der Waals surface area contributed by atoms with Crippen molar-refractivity contribution in [2.75, 3.05) is 6.61 Å². The predicted octanol–water partition coefficient (Wildman–Crippen LogP) is 1.87. The lowest BCUT2D eigenvalue weighted by molar-refractivity contribution is -0.183. The summed E-state index contributed by atoms with van der Waals surface area (Å²) in [6, 6.07) is 0. The van der Waals surface area contributed by atoms with Crippen LogP contribution in [0.3, 0.4) is 0 Å². The van der Waals surface area contributed by atoms with Crippen molar-refractivity contribution in [1.82, 2.24) is 0 Å². The van der Waals surface area contributed by atoms with Crippen molar-refractivity contribution in [2.45, 2.75) is 58.5 Å². The lowest BCUT2D eigenvalue weighted by Crippen LogP contribution is -2.35. The van der Waals surface area contributed by atoms with Gasteiger partial charge in [0.2, 0.25) is 0 Å². The van der Waals surface area contributed by atoms with Gasteiger partial charge in [-0.15, -0.1) is 5.92 Å². The Hall–Kier alpha value is -1.05. The molecule has 0 spiro atoms. The quantitative estimate of drug-likeness (QED) is 0.556. The SMILES string of the molecule is CC#CC(OC(C)=O)[C@H]1COC(CC)(CC)O1. The molecule has 1 unspecified atom stereocenters. The summed E-state index contributed by atoms with van der Waals surface area (Å²) in [6.45, 7) is 7.51. The van der Waals surface area contributed by atoms with Gasteiger partial charge in [-0.1, -0.05) is 19.8 Å². The first-order valence-electron chi connectivity index (χ1n) is 5.98. The van der Waals surface area contributed by atoms with Crippen molar-refractivity contribution in [3.05, 3.63) is 0 Å². The molecule has 17 heavy (non-hydrogen) atoms. The van der Waals surface area contributed by atoms with E-state index in [9.17, 15) is 4.79 Å². The van der Waals surface area contributed by atoms with Crippen LogP contribution in [0, 0.1) is 11.8 Å². The van der Waals surface area contributed by atoms with Crippen molar-refractivity contribution in [1.29, 1.82) is 0 Å². The zero-order valence-electron chi connectivity index (χ0n) is 10.9. The highest BCUT2D eigenvalue weighted by Gasteiger charge is 2.42. The van der Waals surface area contributed by atoms with Gasteiger partial charge >= 0.3 is 5.97 Å². The highest BCUT2D eigenvalue weighted by molar-refractivity contribution is 5.66. The van der Waals surface area contributed by atoms with Crippen LogP contribution in [-0.2, 0) is 19.0 Å². The number of ether oxygens (including phenoxy) is 3. The van der Waals surface area contributed by atoms with Crippen LogP contribution in [0.5, 0.6) is 0 Å². The molecule has 1 aliphatic rings. The zero-order valence-corrected chi connectivity index (χ0v) is 10.9. The molecule has 2 atom stereocenters. The summed E-state index contributed by atoms with van der Waals surface area (Å²) in [6.07, 6.45) is 0.697. The monoisotopic (exact) mass is 240 g/mol. The van der Waals surface area contributed by atoms with Crippen LogP contribution in [0.4, 0.5) is 0 Å². The predicted molar refractivity (Wildman–Crippen MR) is 63.1 cm³/mol. The topological polar surface area (TPSA) is 44.8 Å². The number of carbonyl (C=O) groups excluding carboxylic acids is 1. The molecule has 1 fully saturated rings. The van der Waals surface area contributed by atoms with E-state index in [-0.39, 0.29) is 12.1 Å². The fourth-order valence-corrected chi connectivity index (χ4v) is 1.87. The normalized spacial score (nSPS) is 23.6. The maximum atomic E-state index is 11.0. The van der Waals surface area contributed by atoms with E-state index < -0.39 is 11.9 Å². The van der Waals surface area contributed by atoms with Gasteiger partial charge in [0.15, 0.2) is 11.9 Å². The van der Waals surface area contributed by atoms with Gasteiger partial charge < -0.3 is 14.2 Å². The third-order valence-corrected chi connectivity index (χ3v) is 2.87. The van der Waals surface area contributed by atoms with E-state index in [0.717, 1.165) is 12.8 Å². The molecule has 0 aromatic rings. The van der Waals surface area contributed by atoms with Gasteiger partial charge in [-0.05, 0) is 19.8 Å². The highest BCUT2D eigenvalue weighted by Crippen LogP contribution is 2.31. The average Bonchev–Trinajstić information content (AvgIpc) is 2.73. The van der Waals surface area contributed by atoms with Crippen molar-refractivity contribution in [3.63, 3.8) is 0 Å². The second kappa shape index (κ2) is 6.04. The molecule has 0 bridgehead atoms. The maximum absolute atomic E-state index is 11.0. The van der Waals surface area contributed by atoms with E-state index in [2.05, 4.69) is 11.8 Å². The molecule has 1 saturated heterocycles. The largest absolute Gasteiger partial charge is 0.446 e. The molecule has 96 valence electrons. The lowest BCUT2D eigenvalue weighted by atomic mass is 10.1. The van der Waals surface area contributed by atoms with Gasteiger partial charge in [-0.3, -0.25) is 4.79 Å². The molecule has 0 aromatic carbocycles. The maximum Gasteiger partial charge on any atom is 0.303 e. The summed E-state index contributed by atoms with van der Waals surface area (Å²) in [5.41, 5.74) is 0. The van der Waals surface area contributed by atoms with Gasteiger partial charge in [-0.2, -0.15) is 0 Å². The Bertz CT molecular complexity index is 322. The van der Waals surface area contributed by atoms with Gasteiger partial charge in [0.05, 0.1) is 6.61 Å². The summed E-state index contributed by atoms with van der Waals surface area (Å²) in [4.78, 5) is 11.0. The molecule has 0 amide bonds. The van der Waals surface area contributed by atoms with E-state index in [1.807, 2.05) is 13.8 Å². The molecular formula is C13H20O4. The van der Waals surface area contributed by atoms with Crippen LogP contribution in [0.15, 0.2) is 0 Å². The molecule has 4 nitrogen and oxygen atoms in total. The van der Waals surface area contributed by atoms with Crippen LogP contribution < -0.4 is 0 Å². The second-order valence-electron chi connectivity index (χ2n) is 4.01. The van der Waals surface area contributed by atoms with Crippen LogP contribution in [0.1, 0.15) is 40.5 Å². The minimum absolute atomic E-state index is 0.300. The smallest absolute Gasteiger partial charge is 0.303 e. The minimum atomic E-state index is -0.544. The van der Waals surface area contributed by atoms with Crippen molar-refractivity contribution >= 4 is 5.97 Å². The number of esters is 1. The van der Waals surface area contributed by atoms with Gasteiger partial charge in [0.25, 0.3) is 0 Å².